The van der Waals surface area contributed by atoms with Crippen LogP contribution < -0.4 is 0 Å². The van der Waals surface area contributed by atoms with Crippen LogP contribution in [-0.2, 0) is 9.59 Å². The van der Waals surface area contributed by atoms with Gasteiger partial charge in [-0.25, -0.2) is 0 Å². The number of likely N-dealkylation sites (tertiary alicyclic amines) is 1. The zero-order valence-corrected chi connectivity index (χ0v) is 9.53. The fourth-order valence-corrected chi connectivity index (χ4v) is 3.28. The van der Waals surface area contributed by atoms with Gasteiger partial charge in [-0.15, -0.1) is 0 Å². The van der Waals surface area contributed by atoms with Crippen molar-refractivity contribution in [1.29, 1.82) is 0 Å². The Bertz CT molecular complexity index is 287. The summed E-state index contributed by atoms with van der Waals surface area (Å²) in [6, 6.07) is 0.223. The van der Waals surface area contributed by atoms with Gasteiger partial charge >= 0.3 is 0 Å². The van der Waals surface area contributed by atoms with Crippen molar-refractivity contribution in [2.75, 3.05) is 0 Å². The Labute approximate surface area is 90.8 Å². The molecule has 1 saturated heterocycles. The molecule has 3 atom stereocenters. The summed E-state index contributed by atoms with van der Waals surface area (Å²) in [5, 5.41) is 0. The summed E-state index contributed by atoms with van der Waals surface area (Å²) in [6.45, 7) is 3.20. The van der Waals surface area contributed by atoms with Crippen LogP contribution >= 0.6 is 0 Å². The van der Waals surface area contributed by atoms with Gasteiger partial charge in [-0.2, -0.15) is 0 Å². The van der Waals surface area contributed by atoms with E-state index in [1.165, 1.54) is 19.3 Å². The lowest BCUT2D eigenvalue weighted by Crippen LogP contribution is -2.44. The van der Waals surface area contributed by atoms with E-state index in [0.717, 1.165) is 12.8 Å². The van der Waals surface area contributed by atoms with E-state index >= 15 is 0 Å². The van der Waals surface area contributed by atoms with E-state index in [9.17, 15) is 9.59 Å². The summed E-state index contributed by atoms with van der Waals surface area (Å²) < 4.78 is 0. The molecule has 1 aliphatic heterocycles. The first-order valence-electron chi connectivity index (χ1n) is 5.90. The van der Waals surface area contributed by atoms with Crippen molar-refractivity contribution in [2.24, 2.45) is 5.92 Å². The van der Waals surface area contributed by atoms with Gasteiger partial charge in [-0.3, -0.25) is 9.59 Å². The summed E-state index contributed by atoms with van der Waals surface area (Å²) in [4.78, 5) is 25.0. The normalized spacial score (nSPS) is 35.1. The molecule has 2 fully saturated rings. The van der Waals surface area contributed by atoms with Crippen molar-refractivity contribution >= 4 is 11.7 Å². The highest BCUT2D eigenvalue weighted by molar-refractivity contribution is 5.87. The van der Waals surface area contributed by atoms with Crippen molar-refractivity contribution in [2.45, 2.75) is 58.0 Å². The molecule has 0 aromatic heterocycles. The van der Waals surface area contributed by atoms with Crippen LogP contribution in [0.25, 0.3) is 0 Å². The Hall–Kier alpha value is -0.860. The quantitative estimate of drug-likeness (QED) is 0.660. The van der Waals surface area contributed by atoms with Gasteiger partial charge in [-0.05, 0) is 32.1 Å². The van der Waals surface area contributed by atoms with Crippen molar-refractivity contribution < 1.29 is 9.59 Å². The predicted octanol–water partition coefficient (Wildman–Crippen LogP) is 1.76. The Morgan fingerprint density at radius 1 is 1.13 bits per heavy atom. The van der Waals surface area contributed by atoms with Gasteiger partial charge in [-0.1, -0.05) is 12.8 Å². The maximum absolute atomic E-state index is 11.6. The topological polar surface area (TPSA) is 37.4 Å². The monoisotopic (exact) mass is 209 g/mol. The third kappa shape index (κ3) is 1.80. The first-order valence-corrected chi connectivity index (χ1v) is 5.90. The fraction of sp³-hybridized carbons (Fsp3) is 0.833. The third-order valence-corrected chi connectivity index (χ3v) is 3.92. The summed E-state index contributed by atoms with van der Waals surface area (Å²) in [6.07, 6.45) is 5.65. The molecule has 1 heterocycles. The first kappa shape index (κ1) is 10.7. The molecule has 2 rings (SSSR count). The Balaban J connectivity index is 2.21. The van der Waals surface area contributed by atoms with Crippen LogP contribution in [0.4, 0.5) is 0 Å². The highest BCUT2D eigenvalue weighted by atomic mass is 16.2. The van der Waals surface area contributed by atoms with E-state index in [-0.39, 0.29) is 17.7 Å². The molecule has 3 heteroatoms. The number of hydrogen-bond donors (Lipinski definition) is 0. The molecule has 84 valence electrons. The molecular formula is C12H19NO2. The highest BCUT2D eigenvalue weighted by Gasteiger charge is 2.44. The fourth-order valence-electron chi connectivity index (χ4n) is 3.28. The van der Waals surface area contributed by atoms with Crippen molar-refractivity contribution in [1.82, 2.24) is 4.90 Å². The lowest BCUT2D eigenvalue weighted by molar-refractivity contribution is -0.137. The van der Waals surface area contributed by atoms with Gasteiger partial charge < -0.3 is 4.90 Å². The lowest BCUT2D eigenvalue weighted by Gasteiger charge is -2.32. The zero-order chi connectivity index (χ0) is 11.0. The van der Waals surface area contributed by atoms with E-state index in [4.69, 9.17) is 0 Å². The second-order valence-electron chi connectivity index (χ2n) is 4.90. The lowest BCUT2D eigenvalue weighted by atomic mass is 9.84. The van der Waals surface area contributed by atoms with Gasteiger partial charge in [0.05, 0.1) is 6.04 Å². The number of amides is 1. The van der Waals surface area contributed by atoms with Crippen molar-refractivity contribution in [3.63, 3.8) is 0 Å². The second-order valence-corrected chi connectivity index (χ2v) is 4.90. The van der Waals surface area contributed by atoms with Crippen LogP contribution in [0.2, 0.25) is 0 Å². The summed E-state index contributed by atoms with van der Waals surface area (Å²) in [5.41, 5.74) is 0. The Kier molecular flexibility index (Phi) is 2.81. The van der Waals surface area contributed by atoms with E-state index < -0.39 is 0 Å². The van der Waals surface area contributed by atoms with E-state index in [1.807, 2.05) is 4.90 Å². The second kappa shape index (κ2) is 3.95. The maximum atomic E-state index is 11.6. The smallest absolute Gasteiger partial charge is 0.220 e. The number of rotatable bonds is 1. The minimum absolute atomic E-state index is 0.0737. The van der Waals surface area contributed by atoms with E-state index in [2.05, 4.69) is 0 Å². The number of carbonyl (C=O) groups is 2. The van der Waals surface area contributed by atoms with Crippen LogP contribution in [0.1, 0.15) is 46.0 Å². The number of ketones is 1. The third-order valence-electron chi connectivity index (χ3n) is 3.92. The number of fused-ring (bicyclic) bond motifs is 1. The molecule has 1 amide bonds. The number of nitrogens with zero attached hydrogens (tertiary/aromatic N) is 1. The average Bonchev–Trinajstić information content (AvgIpc) is 2.56. The Morgan fingerprint density at radius 2 is 1.80 bits per heavy atom. The van der Waals surface area contributed by atoms with Gasteiger partial charge in [0.2, 0.25) is 5.91 Å². The molecule has 0 spiro atoms. The summed E-state index contributed by atoms with van der Waals surface area (Å²) in [5.74, 6) is 0.806. The minimum Gasteiger partial charge on any atom is -0.330 e. The molecule has 3 nitrogen and oxygen atoms in total. The summed E-state index contributed by atoms with van der Waals surface area (Å²) in [7, 11) is 0. The van der Waals surface area contributed by atoms with Crippen LogP contribution in [0.5, 0.6) is 0 Å². The molecule has 0 N–H and O–H groups in total. The molecule has 0 aromatic carbocycles. The molecule has 1 aliphatic carbocycles. The highest BCUT2D eigenvalue weighted by Crippen LogP contribution is 2.39. The molecule has 0 bridgehead atoms. The molecular weight excluding hydrogens is 190 g/mol. The average molecular weight is 209 g/mol. The molecule has 0 aromatic rings. The molecule has 15 heavy (non-hydrogen) atoms. The predicted molar refractivity (Wildman–Crippen MR) is 57.4 cm³/mol. The van der Waals surface area contributed by atoms with Crippen molar-refractivity contribution in [3.05, 3.63) is 0 Å². The van der Waals surface area contributed by atoms with Crippen LogP contribution in [-0.4, -0.2) is 28.7 Å². The number of hydrogen-bond acceptors (Lipinski definition) is 2. The van der Waals surface area contributed by atoms with Gasteiger partial charge in [0.25, 0.3) is 0 Å². The minimum atomic E-state index is -0.129. The Morgan fingerprint density at radius 3 is 2.40 bits per heavy atom. The summed E-state index contributed by atoms with van der Waals surface area (Å²) >= 11 is 0. The molecule has 1 saturated carbocycles. The number of carbonyl (C=O) groups excluding carboxylic acids is 2. The SMILES string of the molecule is CC(=O)[C@@H]1CC2CCCCC2N1C(C)=O. The largest absolute Gasteiger partial charge is 0.330 e. The van der Waals surface area contributed by atoms with Gasteiger partial charge in [0.15, 0.2) is 5.78 Å². The maximum Gasteiger partial charge on any atom is 0.220 e. The van der Waals surface area contributed by atoms with Crippen LogP contribution in [0.3, 0.4) is 0 Å². The van der Waals surface area contributed by atoms with Gasteiger partial charge in [0.1, 0.15) is 0 Å². The molecule has 2 aliphatic rings. The molecule has 2 unspecified atom stereocenters. The van der Waals surface area contributed by atoms with Crippen LogP contribution in [0, 0.1) is 5.92 Å². The van der Waals surface area contributed by atoms with Crippen molar-refractivity contribution in [3.8, 4) is 0 Å². The zero-order valence-electron chi connectivity index (χ0n) is 9.53. The first-order chi connectivity index (χ1) is 7.11. The van der Waals surface area contributed by atoms with E-state index in [1.54, 1.807) is 13.8 Å². The standard InChI is InChI=1S/C12H19NO2/c1-8(14)12-7-10-5-3-4-6-11(10)13(12)9(2)15/h10-12H,3-7H2,1-2H3/t10?,11?,12-/m0/s1. The molecule has 0 radical (unpaired) electrons. The number of Topliss-reactive ketones (excluding diaryl/α,β-unsaturated/α-hetero) is 1. The van der Waals surface area contributed by atoms with E-state index in [0.29, 0.717) is 12.0 Å². The van der Waals surface area contributed by atoms with Crippen LogP contribution in [0.15, 0.2) is 0 Å². The van der Waals surface area contributed by atoms with Gasteiger partial charge in [0, 0.05) is 13.0 Å².